The Morgan fingerprint density at radius 3 is 2.64 bits per heavy atom. The van der Waals surface area contributed by atoms with Crippen LogP contribution in [0, 0.1) is 0 Å². The second-order valence-electron chi connectivity index (χ2n) is 6.97. The lowest BCUT2D eigenvalue weighted by atomic mass is 10.1. The Kier molecular flexibility index (Phi) is 5.16. The van der Waals surface area contributed by atoms with Crippen LogP contribution in [0.2, 0.25) is 0 Å². The molecule has 2 aromatic carbocycles. The zero-order chi connectivity index (χ0) is 19.5. The number of benzene rings is 2. The minimum absolute atomic E-state index is 0.000639. The van der Waals surface area contributed by atoms with Gasteiger partial charge in [0.1, 0.15) is 5.75 Å². The molecule has 1 fully saturated rings. The summed E-state index contributed by atoms with van der Waals surface area (Å²) in [7, 11) is 1.77. The Hall–Kier alpha value is -3.06. The molecule has 2 heterocycles. The van der Waals surface area contributed by atoms with E-state index in [-0.39, 0.29) is 18.4 Å². The summed E-state index contributed by atoms with van der Waals surface area (Å²) in [6, 6.07) is 13.4. The highest BCUT2D eigenvalue weighted by Crippen LogP contribution is 2.29. The van der Waals surface area contributed by atoms with Crippen LogP contribution in [-0.4, -0.2) is 56.7 Å². The van der Waals surface area contributed by atoms with E-state index in [1.165, 1.54) is 5.69 Å². The van der Waals surface area contributed by atoms with Gasteiger partial charge in [0.25, 0.3) is 11.8 Å². The molecular weight excluding hydrogens is 358 g/mol. The van der Waals surface area contributed by atoms with Crippen LogP contribution in [0.5, 0.6) is 5.75 Å². The lowest BCUT2D eigenvalue weighted by molar-refractivity contribution is -0.118. The molecule has 2 aromatic rings. The van der Waals surface area contributed by atoms with E-state index < -0.39 is 0 Å². The van der Waals surface area contributed by atoms with Crippen LogP contribution in [0.1, 0.15) is 15.9 Å². The van der Waals surface area contributed by atoms with Gasteiger partial charge < -0.3 is 24.6 Å². The number of nitrogens with zero attached hydrogens (tertiary/aromatic N) is 2. The van der Waals surface area contributed by atoms with E-state index in [0.717, 1.165) is 31.9 Å². The molecule has 0 aromatic heterocycles. The summed E-state index contributed by atoms with van der Waals surface area (Å²) in [5.74, 6) is 0.253. The number of morpholine rings is 1. The first-order valence-electron chi connectivity index (χ1n) is 9.34. The fraction of sp³-hybridized carbons (Fsp3) is 0.333. The Bertz CT molecular complexity index is 876. The van der Waals surface area contributed by atoms with Gasteiger partial charge in [-0.25, -0.2) is 0 Å². The lowest BCUT2D eigenvalue weighted by Gasteiger charge is -2.29. The Labute approximate surface area is 163 Å². The first kappa shape index (κ1) is 18.3. The van der Waals surface area contributed by atoms with Gasteiger partial charge in [0, 0.05) is 37.9 Å². The molecule has 0 aliphatic carbocycles. The largest absolute Gasteiger partial charge is 0.482 e. The fourth-order valence-electron chi connectivity index (χ4n) is 3.42. The second kappa shape index (κ2) is 7.90. The molecule has 2 aliphatic rings. The van der Waals surface area contributed by atoms with Gasteiger partial charge in [-0.3, -0.25) is 9.59 Å². The summed E-state index contributed by atoms with van der Waals surface area (Å²) in [5, 5.41) is 2.73. The van der Waals surface area contributed by atoms with Crippen molar-refractivity contribution in [2.24, 2.45) is 0 Å². The molecule has 2 aliphatic heterocycles. The summed E-state index contributed by atoms with van der Waals surface area (Å²) in [6.07, 6.45) is 0. The molecule has 2 amide bonds. The van der Waals surface area contributed by atoms with E-state index in [2.05, 4.69) is 34.5 Å². The molecule has 0 saturated carbocycles. The average Bonchev–Trinajstić information content (AvgIpc) is 2.73. The number of carbonyl (C=O) groups excluding carboxylic acids is 2. The Morgan fingerprint density at radius 2 is 1.89 bits per heavy atom. The average molecular weight is 381 g/mol. The van der Waals surface area contributed by atoms with Crippen molar-refractivity contribution in [2.45, 2.75) is 6.54 Å². The Balaban J connectivity index is 1.41. The summed E-state index contributed by atoms with van der Waals surface area (Å²) >= 11 is 0. The highest BCUT2D eigenvalue weighted by Gasteiger charge is 2.19. The molecule has 1 saturated heterocycles. The predicted molar refractivity (Wildman–Crippen MR) is 106 cm³/mol. The number of carbonyl (C=O) groups is 2. The minimum Gasteiger partial charge on any atom is -0.482 e. The maximum absolute atomic E-state index is 12.8. The fourth-order valence-corrected chi connectivity index (χ4v) is 3.42. The highest BCUT2D eigenvalue weighted by molar-refractivity contribution is 5.99. The topological polar surface area (TPSA) is 71.1 Å². The van der Waals surface area contributed by atoms with Gasteiger partial charge >= 0.3 is 0 Å². The van der Waals surface area contributed by atoms with Gasteiger partial charge in [-0.2, -0.15) is 0 Å². The monoisotopic (exact) mass is 381 g/mol. The van der Waals surface area contributed by atoms with Crippen LogP contribution in [-0.2, 0) is 16.1 Å². The van der Waals surface area contributed by atoms with E-state index >= 15 is 0 Å². The van der Waals surface area contributed by atoms with Crippen molar-refractivity contribution in [3.8, 4) is 5.75 Å². The molecule has 0 bridgehead atoms. The van der Waals surface area contributed by atoms with Gasteiger partial charge in [-0.05, 0) is 35.9 Å². The summed E-state index contributed by atoms with van der Waals surface area (Å²) < 4.78 is 10.7. The molecule has 0 spiro atoms. The van der Waals surface area contributed by atoms with Crippen molar-refractivity contribution in [1.82, 2.24) is 4.90 Å². The SMILES string of the molecule is CN(Cc1ccc(N2CCOCC2)cc1)C(=O)c1ccc2c(c1)NC(=O)CO2. The predicted octanol–water partition coefficient (Wildman–Crippen LogP) is 2.13. The normalized spacial score (nSPS) is 16.0. The molecule has 7 nitrogen and oxygen atoms in total. The van der Waals surface area contributed by atoms with Crippen LogP contribution in [0.25, 0.3) is 0 Å². The number of rotatable bonds is 4. The first-order valence-corrected chi connectivity index (χ1v) is 9.34. The van der Waals surface area contributed by atoms with Crippen LogP contribution in [0.15, 0.2) is 42.5 Å². The van der Waals surface area contributed by atoms with Crippen LogP contribution >= 0.6 is 0 Å². The third-order valence-corrected chi connectivity index (χ3v) is 4.94. The molecule has 28 heavy (non-hydrogen) atoms. The standard InChI is InChI=1S/C21H23N3O4/c1-23(13-15-2-5-17(6-3-15)24-8-10-27-11-9-24)21(26)16-4-7-19-18(12-16)22-20(25)14-28-19/h2-7,12H,8-11,13-14H2,1H3,(H,22,25). The Morgan fingerprint density at radius 1 is 1.14 bits per heavy atom. The summed E-state index contributed by atoms with van der Waals surface area (Å²) in [4.78, 5) is 28.2. The number of hydrogen-bond acceptors (Lipinski definition) is 5. The number of anilines is 2. The molecular formula is C21H23N3O4. The van der Waals surface area contributed by atoms with Crippen molar-refractivity contribution in [1.29, 1.82) is 0 Å². The van der Waals surface area contributed by atoms with Gasteiger partial charge in [0.2, 0.25) is 0 Å². The van der Waals surface area contributed by atoms with Crippen molar-refractivity contribution < 1.29 is 19.1 Å². The number of hydrogen-bond donors (Lipinski definition) is 1. The molecule has 7 heteroatoms. The van der Waals surface area contributed by atoms with E-state index in [4.69, 9.17) is 9.47 Å². The van der Waals surface area contributed by atoms with E-state index in [9.17, 15) is 9.59 Å². The second-order valence-corrected chi connectivity index (χ2v) is 6.97. The molecule has 0 unspecified atom stereocenters. The van der Waals surface area contributed by atoms with Crippen molar-refractivity contribution >= 4 is 23.2 Å². The molecule has 1 N–H and O–H groups in total. The van der Waals surface area contributed by atoms with Gasteiger partial charge in [0.05, 0.1) is 18.9 Å². The highest BCUT2D eigenvalue weighted by atomic mass is 16.5. The number of nitrogens with one attached hydrogen (secondary N) is 1. The molecule has 146 valence electrons. The van der Waals surface area contributed by atoms with Crippen LogP contribution < -0.4 is 15.0 Å². The maximum Gasteiger partial charge on any atom is 0.262 e. The zero-order valence-electron chi connectivity index (χ0n) is 15.8. The van der Waals surface area contributed by atoms with E-state index in [0.29, 0.717) is 23.5 Å². The van der Waals surface area contributed by atoms with Crippen molar-refractivity contribution in [3.63, 3.8) is 0 Å². The van der Waals surface area contributed by atoms with E-state index in [1.54, 1.807) is 30.1 Å². The van der Waals surface area contributed by atoms with E-state index in [1.807, 2.05) is 0 Å². The smallest absolute Gasteiger partial charge is 0.262 e. The van der Waals surface area contributed by atoms with Crippen molar-refractivity contribution in [2.75, 3.05) is 50.2 Å². The van der Waals surface area contributed by atoms with Gasteiger partial charge in [-0.1, -0.05) is 12.1 Å². The summed E-state index contributed by atoms with van der Waals surface area (Å²) in [5.41, 5.74) is 3.27. The molecule has 0 atom stereocenters. The van der Waals surface area contributed by atoms with Crippen LogP contribution in [0.4, 0.5) is 11.4 Å². The number of ether oxygens (including phenoxy) is 2. The van der Waals surface area contributed by atoms with Gasteiger partial charge in [0.15, 0.2) is 6.61 Å². The lowest BCUT2D eigenvalue weighted by Crippen LogP contribution is -2.36. The minimum atomic E-state index is -0.217. The van der Waals surface area contributed by atoms with Crippen LogP contribution in [0.3, 0.4) is 0 Å². The molecule has 0 radical (unpaired) electrons. The van der Waals surface area contributed by atoms with Gasteiger partial charge in [-0.15, -0.1) is 0 Å². The third-order valence-electron chi connectivity index (χ3n) is 4.94. The number of fused-ring (bicyclic) bond motifs is 1. The summed E-state index contributed by atoms with van der Waals surface area (Å²) in [6.45, 7) is 3.81. The zero-order valence-corrected chi connectivity index (χ0v) is 15.8. The third kappa shape index (κ3) is 3.94. The quantitative estimate of drug-likeness (QED) is 0.879. The molecule has 4 rings (SSSR count). The first-order chi connectivity index (χ1) is 13.6. The maximum atomic E-state index is 12.8. The number of amides is 2. The van der Waals surface area contributed by atoms with Crippen molar-refractivity contribution in [3.05, 3.63) is 53.6 Å².